The van der Waals surface area contributed by atoms with E-state index >= 15 is 0 Å². The Morgan fingerprint density at radius 3 is 2.92 bits per heavy atom. The molecule has 0 fully saturated rings. The summed E-state index contributed by atoms with van der Waals surface area (Å²) >= 11 is 0. The minimum atomic E-state index is -0.439. The van der Waals surface area contributed by atoms with Crippen molar-refractivity contribution in [2.75, 3.05) is 14.2 Å². The van der Waals surface area contributed by atoms with Crippen LogP contribution in [-0.2, 0) is 19.0 Å². The van der Waals surface area contributed by atoms with Gasteiger partial charge in [0.25, 0.3) is 0 Å². The van der Waals surface area contributed by atoms with Crippen LogP contribution in [0.3, 0.4) is 0 Å². The third kappa shape index (κ3) is 2.10. The summed E-state index contributed by atoms with van der Waals surface area (Å²) in [5.74, 6) is 0.0140. The summed E-state index contributed by atoms with van der Waals surface area (Å²) in [5, 5.41) is 0. The molecule has 1 atom stereocenters. The number of ether oxygens (including phenoxy) is 3. The lowest BCUT2D eigenvalue weighted by atomic mass is 10.4. The highest BCUT2D eigenvalue weighted by Gasteiger charge is 2.13. The molecule has 0 saturated carbocycles. The maximum atomic E-state index is 10.7. The molecular formula is C8H10O4. The van der Waals surface area contributed by atoms with E-state index in [2.05, 4.69) is 4.74 Å². The summed E-state index contributed by atoms with van der Waals surface area (Å²) < 4.78 is 14.4. The first-order valence-corrected chi connectivity index (χ1v) is 3.43. The minimum absolute atomic E-state index is 0.388. The van der Waals surface area contributed by atoms with E-state index in [1.165, 1.54) is 20.3 Å². The van der Waals surface area contributed by atoms with Gasteiger partial charge >= 0.3 is 5.97 Å². The third-order valence-electron chi connectivity index (χ3n) is 1.36. The molecule has 0 amide bonds. The molecule has 12 heavy (non-hydrogen) atoms. The van der Waals surface area contributed by atoms with Gasteiger partial charge in [-0.25, -0.2) is 4.79 Å². The van der Waals surface area contributed by atoms with Crippen LogP contribution in [-0.4, -0.2) is 26.5 Å². The second-order valence-corrected chi connectivity index (χ2v) is 2.15. The number of rotatable bonds is 2. The van der Waals surface area contributed by atoms with Gasteiger partial charge in [0.1, 0.15) is 5.76 Å². The average molecular weight is 170 g/mol. The highest BCUT2D eigenvalue weighted by atomic mass is 16.7. The first-order valence-electron chi connectivity index (χ1n) is 3.43. The van der Waals surface area contributed by atoms with Gasteiger partial charge in [-0.15, -0.1) is 0 Å². The van der Waals surface area contributed by atoms with Crippen LogP contribution in [0.4, 0.5) is 0 Å². The smallest absolute Gasteiger partial charge is 0.334 e. The van der Waals surface area contributed by atoms with Gasteiger partial charge in [0.05, 0.1) is 13.2 Å². The van der Waals surface area contributed by atoms with Crippen LogP contribution in [0.5, 0.6) is 0 Å². The molecule has 4 heteroatoms. The lowest BCUT2D eigenvalue weighted by molar-refractivity contribution is -0.135. The second kappa shape index (κ2) is 3.92. The fourth-order valence-corrected chi connectivity index (χ4v) is 0.770. The molecule has 1 unspecified atom stereocenters. The van der Waals surface area contributed by atoms with Gasteiger partial charge < -0.3 is 14.2 Å². The van der Waals surface area contributed by atoms with Crippen LogP contribution in [0.15, 0.2) is 24.0 Å². The van der Waals surface area contributed by atoms with E-state index in [1.54, 1.807) is 12.2 Å². The monoisotopic (exact) mass is 170 g/mol. The number of carbonyl (C=O) groups is 1. The first kappa shape index (κ1) is 8.80. The van der Waals surface area contributed by atoms with Gasteiger partial charge in [-0.3, -0.25) is 0 Å². The number of hydrogen-bond donors (Lipinski definition) is 0. The topological polar surface area (TPSA) is 44.8 Å². The van der Waals surface area contributed by atoms with Crippen LogP contribution in [0.2, 0.25) is 0 Å². The zero-order valence-electron chi connectivity index (χ0n) is 6.94. The molecule has 66 valence electrons. The summed E-state index contributed by atoms with van der Waals surface area (Å²) in [7, 11) is 2.84. The lowest BCUT2D eigenvalue weighted by Gasteiger charge is -2.06. The van der Waals surface area contributed by atoms with E-state index in [4.69, 9.17) is 9.47 Å². The van der Waals surface area contributed by atoms with E-state index in [9.17, 15) is 4.79 Å². The normalized spacial score (nSPS) is 24.2. The maximum absolute atomic E-state index is 10.7. The Morgan fingerprint density at radius 1 is 1.67 bits per heavy atom. The Kier molecular flexibility index (Phi) is 2.88. The Hall–Kier alpha value is -1.29. The molecule has 4 nitrogen and oxygen atoms in total. The molecule has 1 aliphatic heterocycles. The maximum Gasteiger partial charge on any atom is 0.334 e. The zero-order valence-corrected chi connectivity index (χ0v) is 6.94. The molecule has 0 bridgehead atoms. The molecule has 1 heterocycles. The average Bonchev–Trinajstić information content (AvgIpc) is 2.52. The number of esters is 1. The van der Waals surface area contributed by atoms with Crippen LogP contribution >= 0.6 is 0 Å². The molecule has 0 aromatic carbocycles. The van der Waals surface area contributed by atoms with Crippen molar-refractivity contribution in [3.8, 4) is 0 Å². The van der Waals surface area contributed by atoms with Gasteiger partial charge in [-0.2, -0.15) is 0 Å². The summed E-state index contributed by atoms with van der Waals surface area (Å²) in [6, 6.07) is 0. The fraction of sp³-hybridized carbons (Fsp3) is 0.375. The first-order chi connectivity index (χ1) is 5.76. The van der Waals surface area contributed by atoms with Gasteiger partial charge in [0.15, 0.2) is 0 Å². The SMILES string of the molecule is COC(=O)C=C1C=CC(OC)O1. The van der Waals surface area contributed by atoms with Gasteiger partial charge in [-0.1, -0.05) is 0 Å². The number of methoxy groups -OCH3 is 2. The summed E-state index contributed by atoms with van der Waals surface area (Å²) in [6.45, 7) is 0. The van der Waals surface area contributed by atoms with Crippen molar-refractivity contribution in [2.45, 2.75) is 6.29 Å². The standard InChI is InChI=1S/C8H10O4/c1-10-7(9)5-6-3-4-8(11-2)12-6/h3-5,8H,1-2H3. The van der Waals surface area contributed by atoms with Crippen molar-refractivity contribution in [2.24, 2.45) is 0 Å². The van der Waals surface area contributed by atoms with Crippen molar-refractivity contribution in [3.05, 3.63) is 24.0 Å². The lowest BCUT2D eigenvalue weighted by Crippen LogP contribution is -2.06. The molecule has 0 spiro atoms. The van der Waals surface area contributed by atoms with Crippen molar-refractivity contribution in [1.82, 2.24) is 0 Å². The molecule has 1 aliphatic rings. The van der Waals surface area contributed by atoms with Crippen LogP contribution in [0, 0.1) is 0 Å². The molecule has 1 rings (SSSR count). The predicted octanol–water partition coefficient (Wildman–Crippen LogP) is 0.602. The number of allylic oxidation sites excluding steroid dienone is 1. The van der Waals surface area contributed by atoms with E-state index in [-0.39, 0.29) is 6.29 Å². The van der Waals surface area contributed by atoms with E-state index in [0.29, 0.717) is 5.76 Å². The van der Waals surface area contributed by atoms with E-state index < -0.39 is 5.97 Å². The Labute approximate surface area is 70.4 Å². The summed E-state index contributed by atoms with van der Waals surface area (Å²) in [5.41, 5.74) is 0. The van der Waals surface area contributed by atoms with E-state index in [1.807, 2.05) is 0 Å². The van der Waals surface area contributed by atoms with Crippen molar-refractivity contribution in [3.63, 3.8) is 0 Å². The second-order valence-electron chi connectivity index (χ2n) is 2.15. The van der Waals surface area contributed by atoms with Gasteiger partial charge in [-0.05, 0) is 12.2 Å². The molecule has 0 radical (unpaired) electrons. The minimum Gasteiger partial charge on any atom is -0.466 e. The Balaban J connectivity index is 2.53. The Morgan fingerprint density at radius 2 is 2.42 bits per heavy atom. The molecule has 0 aliphatic carbocycles. The fourth-order valence-electron chi connectivity index (χ4n) is 0.770. The van der Waals surface area contributed by atoms with Gasteiger partial charge in [0.2, 0.25) is 6.29 Å². The van der Waals surface area contributed by atoms with Crippen LogP contribution < -0.4 is 0 Å². The molecule has 0 aromatic heterocycles. The number of hydrogen-bond acceptors (Lipinski definition) is 4. The van der Waals surface area contributed by atoms with Crippen molar-refractivity contribution < 1.29 is 19.0 Å². The summed E-state index contributed by atoms with van der Waals surface area (Å²) in [6.07, 6.45) is 4.23. The highest BCUT2D eigenvalue weighted by Crippen LogP contribution is 2.14. The largest absolute Gasteiger partial charge is 0.466 e. The quantitative estimate of drug-likeness (QED) is 0.449. The zero-order chi connectivity index (χ0) is 8.97. The predicted molar refractivity (Wildman–Crippen MR) is 41.1 cm³/mol. The van der Waals surface area contributed by atoms with Gasteiger partial charge in [0, 0.05) is 7.11 Å². The third-order valence-corrected chi connectivity index (χ3v) is 1.36. The van der Waals surface area contributed by atoms with Crippen LogP contribution in [0.25, 0.3) is 0 Å². The molecular weight excluding hydrogens is 160 g/mol. The van der Waals surface area contributed by atoms with E-state index in [0.717, 1.165) is 0 Å². The Bertz CT molecular complexity index is 229. The van der Waals surface area contributed by atoms with Crippen molar-refractivity contribution in [1.29, 1.82) is 0 Å². The number of carbonyl (C=O) groups excluding carboxylic acids is 1. The van der Waals surface area contributed by atoms with Crippen molar-refractivity contribution >= 4 is 5.97 Å². The molecule has 0 N–H and O–H groups in total. The summed E-state index contributed by atoms with van der Waals surface area (Å²) in [4.78, 5) is 10.7. The molecule has 0 aromatic rings. The molecule has 0 saturated heterocycles. The highest BCUT2D eigenvalue weighted by molar-refractivity contribution is 5.82. The van der Waals surface area contributed by atoms with Crippen LogP contribution in [0.1, 0.15) is 0 Å².